The summed E-state index contributed by atoms with van der Waals surface area (Å²) in [6, 6.07) is 9.27. The Bertz CT molecular complexity index is 435. The summed E-state index contributed by atoms with van der Waals surface area (Å²) in [4.78, 5) is 2.59. The van der Waals surface area contributed by atoms with Gasteiger partial charge in [0.2, 0.25) is 0 Å². The number of ether oxygens (including phenoxy) is 1. The minimum absolute atomic E-state index is 0.742. The molecule has 116 valence electrons. The summed E-state index contributed by atoms with van der Waals surface area (Å²) >= 11 is 0. The zero-order valence-corrected chi connectivity index (χ0v) is 13.2. The van der Waals surface area contributed by atoms with Crippen LogP contribution in [-0.4, -0.2) is 37.2 Å². The van der Waals surface area contributed by atoms with Crippen LogP contribution in [0.3, 0.4) is 0 Å². The van der Waals surface area contributed by atoms with E-state index in [1.165, 1.54) is 50.9 Å². The third-order valence-corrected chi connectivity index (χ3v) is 4.97. The maximum absolute atomic E-state index is 5.74. The predicted octanol–water partition coefficient (Wildman–Crippen LogP) is 3.05. The number of para-hydroxylation sites is 1. The van der Waals surface area contributed by atoms with Gasteiger partial charge in [0.25, 0.3) is 0 Å². The summed E-state index contributed by atoms with van der Waals surface area (Å²) in [5.41, 5.74) is 1.33. The number of nitrogens with zero attached hydrogens (tertiary/aromatic N) is 1. The largest absolute Gasteiger partial charge is 0.494 e. The molecule has 3 heteroatoms. The molecule has 3 nitrogen and oxygen atoms in total. The lowest BCUT2D eigenvalue weighted by molar-refractivity contribution is 0.156. The van der Waals surface area contributed by atoms with Crippen molar-refractivity contribution in [1.82, 2.24) is 10.2 Å². The lowest BCUT2D eigenvalue weighted by Gasteiger charge is -2.35. The lowest BCUT2D eigenvalue weighted by Crippen LogP contribution is -2.40. The number of hydrogen-bond acceptors (Lipinski definition) is 3. The van der Waals surface area contributed by atoms with Gasteiger partial charge in [-0.3, -0.25) is 4.90 Å². The monoisotopic (exact) mass is 288 g/mol. The second-order valence-corrected chi connectivity index (χ2v) is 6.36. The Morgan fingerprint density at radius 2 is 2.00 bits per heavy atom. The van der Waals surface area contributed by atoms with Crippen molar-refractivity contribution in [2.75, 3.05) is 26.2 Å². The van der Waals surface area contributed by atoms with E-state index in [4.69, 9.17) is 4.74 Å². The van der Waals surface area contributed by atoms with E-state index in [1.54, 1.807) is 0 Å². The first kappa shape index (κ1) is 14.9. The zero-order valence-electron chi connectivity index (χ0n) is 13.2. The highest BCUT2D eigenvalue weighted by Crippen LogP contribution is 2.27. The van der Waals surface area contributed by atoms with Crippen LogP contribution in [0.15, 0.2) is 24.3 Å². The fraction of sp³-hybridized carbons (Fsp3) is 0.667. The maximum Gasteiger partial charge on any atom is 0.123 e. The first-order valence-electron chi connectivity index (χ1n) is 8.53. The molecule has 2 heterocycles. The second kappa shape index (κ2) is 7.28. The summed E-state index contributed by atoms with van der Waals surface area (Å²) in [5, 5.41) is 3.68. The molecular formula is C18H28N2O. The molecule has 1 N–H and O–H groups in total. The Morgan fingerprint density at radius 3 is 2.71 bits per heavy atom. The van der Waals surface area contributed by atoms with Crippen LogP contribution in [0.5, 0.6) is 5.75 Å². The molecule has 2 fully saturated rings. The Labute approximate surface area is 128 Å². The summed E-state index contributed by atoms with van der Waals surface area (Å²) in [5.74, 6) is 1.95. The SMILES string of the molecule is CCOc1ccccc1CN1CCC(C2CCCN2)CC1. The van der Waals surface area contributed by atoms with E-state index < -0.39 is 0 Å². The first-order valence-corrected chi connectivity index (χ1v) is 8.53. The minimum atomic E-state index is 0.742. The van der Waals surface area contributed by atoms with E-state index in [-0.39, 0.29) is 0 Å². The van der Waals surface area contributed by atoms with Crippen LogP contribution in [-0.2, 0) is 6.54 Å². The van der Waals surface area contributed by atoms with Gasteiger partial charge in [0.05, 0.1) is 6.61 Å². The number of rotatable bonds is 5. The van der Waals surface area contributed by atoms with Crippen LogP contribution < -0.4 is 10.1 Å². The van der Waals surface area contributed by atoms with Gasteiger partial charge in [-0.05, 0) is 64.2 Å². The Kier molecular flexibility index (Phi) is 5.15. The molecule has 21 heavy (non-hydrogen) atoms. The highest BCUT2D eigenvalue weighted by molar-refractivity contribution is 5.33. The standard InChI is InChI=1S/C18H28N2O/c1-2-21-18-8-4-3-6-16(18)14-20-12-9-15(10-13-20)17-7-5-11-19-17/h3-4,6,8,15,17,19H,2,5,7,9-14H2,1H3. The summed E-state index contributed by atoms with van der Waals surface area (Å²) in [6.45, 7) is 7.50. The molecule has 0 saturated carbocycles. The molecule has 0 amide bonds. The molecule has 0 radical (unpaired) electrons. The van der Waals surface area contributed by atoms with E-state index >= 15 is 0 Å². The van der Waals surface area contributed by atoms with Crippen molar-refractivity contribution in [2.24, 2.45) is 5.92 Å². The van der Waals surface area contributed by atoms with Gasteiger partial charge in [0, 0.05) is 18.2 Å². The first-order chi connectivity index (χ1) is 10.4. The molecular weight excluding hydrogens is 260 g/mol. The normalized spacial score (nSPS) is 24.3. The number of piperidine rings is 1. The zero-order chi connectivity index (χ0) is 14.5. The van der Waals surface area contributed by atoms with Crippen LogP contribution in [0.4, 0.5) is 0 Å². The van der Waals surface area contributed by atoms with Crippen molar-refractivity contribution in [1.29, 1.82) is 0 Å². The molecule has 2 aliphatic rings. The van der Waals surface area contributed by atoms with Gasteiger partial charge in [0.15, 0.2) is 0 Å². The van der Waals surface area contributed by atoms with Crippen LogP contribution in [0, 0.1) is 5.92 Å². The molecule has 1 aromatic carbocycles. The average Bonchev–Trinajstić information content (AvgIpc) is 3.05. The number of hydrogen-bond donors (Lipinski definition) is 1. The predicted molar refractivity (Wildman–Crippen MR) is 86.6 cm³/mol. The van der Waals surface area contributed by atoms with Crippen LogP contribution in [0.25, 0.3) is 0 Å². The summed E-state index contributed by atoms with van der Waals surface area (Å²) in [7, 11) is 0. The second-order valence-electron chi connectivity index (χ2n) is 6.36. The van der Waals surface area contributed by atoms with E-state index in [2.05, 4.69) is 41.4 Å². The summed E-state index contributed by atoms with van der Waals surface area (Å²) < 4.78 is 5.74. The molecule has 0 spiro atoms. The number of likely N-dealkylation sites (tertiary alicyclic amines) is 1. The molecule has 1 aromatic rings. The smallest absolute Gasteiger partial charge is 0.123 e. The third-order valence-electron chi connectivity index (χ3n) is 4.97. The van der Waals surface area contributed by atoms with E-state index in [1.807, 2.05) is 0 Å². The highest BCUT2D eigenvalue weighted by Gasteiger charge is 2.28. The average molecular weight is 288 g/mol. The molecule has 0 aliphatic carbocycles. The molecule has 2 aliphatic heterocycles. The van der Waals surface area contributed by atoms with Gasteiger partial charge >= 0.3 is 0 Å². The van der Waals surface area contributed by atoms with Crippen LogP contribution in [0.1, 0.15) is 38.2 Å². The van der Waals surface area contributed by atoms with Crippen LogP contribution >= 0.6 is 0 Å². The highest BCUT2D eigenvalue weighted by atomic mass is 16.5. The fourth-order valence-electron chi connectivity index (χ4n) is 3.80. The lowest BCUT2D eigenvalue weighted by atomic mass is 9.88. The fourth-order valence-corrected chi connectivity index (χ4v) is 3.80. The molecule has 0 aromatic heterocycles. The van der Waals surface area contributed by atoms with Crippen molar-refractivity contribution < 1.29 is 4.74 Å². The molecule has 1 atom stereocenters. The Hall–Kier alpha value is -1.06. The third kappa shape index (κ3) is 3.78. The van der Waals surface area contributed by atoms with Gasteiger partial charge in [-0.15, -0.1) is 0 Å². The molecule has 1 unspecified atom stereocenters. The maximum atomic E-state index is 5.74. The van der Waals surface area contributed by atoms with Gasteiger partial charge < -0.3 is 10.1 Å². The van der Waals surface area contributed by atoms with Gasteiger partial charge in [-0.2, -0.15) is 0 Å². The minimum Gasteiger partial charge on any atom is -0.494 e. The quantitative estimate of drug-likeness (QED) is 0.901. The van der Waals surface area contributed by atoms with Gasteiger partial charge in [0.1, 0.15) is 5.75 Å². The number of benzene rings is 1. The van der Waals surface area contributed by atoms with Crippen LogP contribution in [0.2, 0.25) is 0 Å². The van der Waals surface area contributed by atoms with Gasteiger partial charge in [-0.1, -0.05) is 18.2 Å². The Morgan fingerprint density at radius 1 is 1.19 bits per heavy atom. The molecule has 2 saturated heterocycles. The number of nitrogens with one attached hydrogen (secondary N) is 1. The van der Waals surface area contributed by atoms with E-state index in [0.717, 1.165) is 30.9 Å². The molecule has 0 bridgehead atoms. The van der Waals surface area contributed by atoms with Crippen molar-refractivity contribution >= 4 is 0 Å². The van der Waals surface area contributed by atoms with Crippen molar-refractivity contribution in [3.05, 3.63) is 29.8 Å². The summed E-state index contributed by atoms with van der Waals surface area (Å²) in [6.07, 6.45) is 5.44. The van der Waals surface area contributed by atoms with E-state index in [0.29, 0.717) is 0 Å². The topological polar surface area (TPSA) is 24.5 Å². The van der Waals surface area contributed by atoms with Crippen molar-refractivity contribution in [2.45, 2.75) is 45.2 Å². The molecule has 3 rings (SSSR count). The van der Waals surface area contributed by atoms with E-state index in [9.17, 15) is 0 Å². The Balaban J connectivity index is 1.53. The van der Waals surface area contributed by atoms with Crippen molar-refractivity contribution in [3.63, 3.8) is 0 Å². The van der Waals surface area contributed by atoms with Crippen molar-refractivity contribution in [3.8, 4) is 5.75 Å². The van der Waals surface area contributed by atoms with Gasteiger partial charge in [-0.25, -0.2) is 0 Å².